The molecule has 6 nitrogen and oxygen atoms in total. The fourth-order valence-corrected chi connectivity index (χ4v) is 3.25. The summed E-state index contributed by atoms with van der Waals surface area (Å²) in [5, 5.41) is 19.5. The van der Waals surface area contributed by atoms with Gasteiger partial charge in [0.25, 0.3) is 0 Å². The van der Waals surface area contributed by atoms with Crippen LogP contribution >= 0.6 is 0 Å². The zero-order chi connectivity index (χ0) is 21.1. The molecule has 0 radical (unpaired) electrons. The van der Waals surface area contributed by atoms with Crippen molar-refractivity contribution in [2.45, 2.75) is 37.6 Å². The van der Waals surface area contributed by atoms with Gasteiger partial charge in [-0.15, -0.1) is 0 Å². The maximum absolute atomic E-state index is 9.81. The van der Waals surface area contributed by atoms with Gasteiger partial charge in [-0.25, -0.2) is 4.98 Å². The average Bonchev–Trinajstić information content (AvgIpc) is 3.24. The Labute approximate surface area is 176 Å². The van der Waals surface area contributed by atoms with E-state index in [1.54, 1.807) is 23.9 Å². The molecule has 1 aromatic heterocycles. The van der Waals surface area contributed by atoms with Crippen molar-refractivity contribution in [1.29, 1.82) is 0 Å². The van der Waals surface area contributed by atoms with E-state index >= 15 is 0 Å². The van der Waals surface area contributed by atoms with E-state index in [1.165, 1.54) is 0 Å². The highest BCUT2D eigenvalue weighted by molar-refractivity contribution is 5.65. The number of ether oxygens (including phenoxy) is 1. The van der Waals surface area contributed by atoms with Crippen molar-refractivity contribution < 1.29 is 14.9 Å². The molecule has 1 aliphatic carbocycles. The zero-order valence-electron chi connectivity index (χ0n) is 16.8. The smallest absolute Gasteiger partial charge is 0.138 e. The molecular formula is C24H25N3O3. The lowest BCUT2D eigenvalue weighted by atomic mass is 10.0. The van der Waals surface area contributed by atoms with Gasteiger partial charge in [0.15, 0.2) is 0 Å². The number of aliphatic hydroxyl groups excluding tert-OH is 2. The molecule has 0 bridgehead atoms. The molecule has 0 spiro atoms. The summed E-state index contributed by atoms with van der Waals surface area (Å²) in [4.78, 5) is 4.13. The fourth-order valence-electron chi connectivity index (χ4n) is 3.25. The summed E-state index contributed by atoms with van der Waals surface area (Å²) >= 11 is 0. The summed E-state index contributed by atoms with van der Waals surface area (Å²) in [6.07, 6.45) is 3.65. The molecule has 1 heterocycles. The number of nitrogens with zero attached hydrogens (tertiary/aromatic N) is 2. The van der Waals surface area contributed by atoms with E-state index < -0.39 is 12.1 Å². The SMILES string of the molecule is CC(O)c1nccn1C(C#Cc1ccc(-c2ccc(O[C@@H]3C[C@H]3N)cc2)cc1)CO. The Morgan fingerprint density at radius 1 is 1.17 bits per heavy atom. The van der Waals surface area contributed by atoms with Crippen LogP contribution in [0.1, 0.15) is 36.9 Å². The molecule has 4 N–H and O–H groups in total. The molecule has 154 valence electrons. The molecular weight excluding hydrogens is 378 g/mol. The van der Waals surface area contributed by atoms with Crippen LogP contribution in [0.2, 0.25) is 0 Å². The Kier molecular flexibility index (Phi) is 5.86. The van der Waals surface area contributed by atoms with Crippen molar-refractivity contribution in [3.8, 4) is 28.7 Å². The number of hydrogen-bond acceptors (Lipinski definition) is 5. The van der Waals surface area contributed by atoms with Crippen molar-refractivity contribution in [1.82, 2.24) is 9.55 Å². The van der Waals surface area contributed by atoms with Gasteiger partial charge in [0.2, 0.25) is 0 Å². The highest BCUT2D eigenvalue weighted by Crippen LogP contribution is 2.28. The van der Waals surface area contributed by atoms with Crippen LogP contribution in [0.4, 0.5) is 0 Å². The van der Waals surface area contributed by atoms with Crippen LogP contribution < -0.4 is 10.5 Å². The number of nitrogens with two attached hydrogens (primary N) is 1. The maximum atomic E-state index is 9.81. The largest absolute Gasteiger partial charge is 0.489 e. The number of benzene rings is 2. The number of imidazole rings is 1. The summed E-state index contributed by atoms with van der Waals surface area (Å²) in [6, 6.07) is 15.6. The van der Waals surface area contributed by atoms with Crippen LogP contribution in [-0.4, -0.2) is 38.5 Å². The van der Waals surface area contributed by atoms with E-state index in [4.69, 9.17) is 10.5 Å². The Hall–Kier alpha value is -3.11. The standard InChI is InChI=1S/C24H25N3O3/c1-16(29)24-26-12-13-27(24)20(15-28)9-4-17-2-5-18(6-3-17)19-7-10-21(11-8-19)30-23-14-22(23)25/h2-3,5-8,10-13,16,20,22-23,28-29H,14-15,25H2,1H3/t16?,20?,22-,23-/m1/s1. The zero-order valence-corrected chi connectivity index (χ0v) is 16.8. The Morgan fingerprint density at radius 3 is 2.37 bits per heavy atom. The lowest BCUT2D eigenvalue weighted by Crippen LogP contribution is -2.15. The first-order valence-electron chi connectivity index (χ1n) is 10.0. The van der Waals surface area contributed by atoms with Crippen LogP contribution in [0.3, 0.4) is 0 Å². The fraction of sp³-hybridized carbons (Fsp3) is 0.292. The van der Waals surface area contributed by atoms with Gasteiger partial charge in [-0.2, -0.15) is 0 Å². The third-order valence-corrected chi connectivity index (χ3v) is 5.10. The molecule has 2 unspecified atom stereocenters. The normalized spacial score (nSPS) is 19.5. The molecule has 4 rings (SSSR count). The summed E-state index contributed by atoms with van der Waals surface area (Å²) in [5.41, 5.74) is 8.81. The second-order valence-corrected chi connectivity index (χ2v) is 7.49. The third kappa shape index (κ3) is 4.55. The monoisotopic (exact) mass is 403 g/mol. The van der Waals surface area contributed by atoms with E-state index in [0.717, 1.165) is 28.9 Å². The first-order valence-corrected chi connectivity index (χ1v) is 10.0. The molecule has 6 heteroatoms. The molecule has 4 atom stereocenters. The maximum Gasteiger partial charge on any atom is 0.138 e. The first kappa shape index (κ1) is 20.2. The third-order valence-electron chi connectivity index (χ3n) is 5.10. The van der Waals surface area contributed by atoms with E-state index in [1.807, 2.05) is 48.5 Å². The summed E-state index contributed by atoms with van der Waals surface area (Å²) in [5.74, 6) is 7.48. The second-order valence-electron chi connectivity index (χ2n) is 7.49. The van der Waals surface area contributed by atoms with Crippen molar-refractivity contribution >= 4 is 0 Å². The van der Waals surface area contributed by atoms with Gasteiger partial charge < -0.3 is 25.3 Å². The van der Waals surface area contributed by atoms with E-state index in [2.05, 4.69) is 16.8 Å². The van der Waals surface area contributed by atoms with Gasteiger partial charge in [-0.1, -0.05) is 36.1 Å². The van der Waals surface area contributed by atoms with Gasteiger partial charge in [0.05, 0.1) is 6.61 Å². The minimum absolute atomic E-state index is 0.149. The lowest BCUT2D eigenvalue weighted by molar-refractivity contribution is 0.176. The van der Waals surface area contributed by atoms with Crippen LogP contribution in [-0.2, 0) is 0 Å². The first-order chi connectivity index (χ1) is 14.5. The van der Waals surface area contributed by atoms with Gasteiger partial charge in [-0.05, 0) is 42.3 Å². The molecule has 3 aromatic rings. The number of aromatic nitrogens is 2. The highest BCUT2D eigenvalue weighted by atomic mass is 16.5. The molecule has 1 fully saturated rings. The van der Waals surface area contributed by atoms with Crippen LogP contribution in [0.25, 0.3) is 11.1 Å². The van der Waals surface area contributed by atoms with Crippen molar-refractivity contribution in [3.63, 3.8) is 0 Å². The minimum atomic E-state index is -0.729. The lowest BCUT2D eigenvalue weighted by Gasteiger charge is -2.14. The number of aliphatic hydroxyl groups is 2. The van der Waals surface area contributed by atoms with Crippen molar-refractivity contribution in [2.75, 3.05) is 6.61 Å². The van der Waals surface area contributed by atoms with Gasteiger partial charge in [0, 0.05) is 30.4 Å². The van der Waals surface area contributed by atoms with Crippen LogP contribution in [0.5, 0.6) is 5.75 Å². The van der Waals surface area contributed by atoms with Gasteiger partial charge >= 0.3 is 0 Å². The van der Waals surface area contributed by atoms with E-state index in [0.29, 0.717) is 5.82 Å². The summed E-state index contributed by atoms with van der Waals surface area (Å²) in [7, 11) is 0. The summed E-state index contributed by atoms with van der Waals surface area (Å²) in [6.45, 7) is 1.47. The van der Waals surface area contributed by atoms with Gasteiger partial charge in [-0.3, -0.25) is 0 Å². The van der Waals surface area contributed by atoms with Crippen molar-refractivity contribution in [3.05, 3.63) is 72.3 Å². The Balaban J connectivity index is 1.45. The molecule has 1 aliphatic rings. The van der Waals surface area contributed by atoms with E-state index in [-0.39, 0.29) is 18.8 Å². The number of hydrogen-bond donors (Lipinski definition) is 3. The second kappa shape index (κ2) is 8.72. The molecule has 0 saturated heterocycles. The Bertz CT molecular complexity index is 1050. The molecule has 0 aliphatic heterocycles. The molecule has 2 aromatic carbocycles. The van der Waals surface area contributed by atoms with Crippen molar-refractivity contribution in [2.24, 2.45) is 5.73 Å². The molecule has 30 heavy (non-hydrogen) atoms. The van der Waals surface area contributed by atoms with Crippen LogP contribution in [0, 0.1) is 11.8 Å². The Morgan fingerprint density at radius 2 is 1.80 bits per heavy atom. The predicted octanol–water partition coefficient (Wildman–Crippen LogP) is 2.67. The quantitative estimate of drug-likeness (QED) is 0.550. The minimum Gasteiger partial charge on any atom is -0.489 e. The molecule has 1 saturated carbocycles. The summed E-state index contributed by atoms with van der Waals surface area (Å²) < 4.78 is 7.48. The number of rotatable bonds is 6. The average molecular weight is 403 g/mol. The van der Waals surface area contributed by atoms with E-state index in [9.17, 15) is 10.2 Å². The molecule has 0 amide bonds. The van der Waals surface area contributed by atoms with Crippen LogP contribution in [0.15, 0.2) is 60.9 Å². The highest BCUT2D eigenvalue weighted by Gasteiger charge is 2.35. The predicted molar refractivity (Wildman–Crippen MR) is 115 cm³/mol. The van der Waals surface area contributed by atoms with Gasteiger partial charge in [0.1, 0.15) is 29.8 Å². The topological polar surface area (TPSA) is 93.5 Å².